The summed E-state index contributed by atoms with van der Waals surface area (Å²) in [5.74, 6) is -0.403. The third-order valence-electron chi connectivity index (χ3n) is 3.97. The minimum atomic E-state index is -0.403. The lowest BCUT2D eigenvalue weighted by Crippen LogP contribution is -2.08. The molecular formula is C20H14N2OS. The van der Waals surface area contributed by atoms with E-state index in [0.717, 1.165) is 26.8 Å². The highest BCUT2D eigenvalue weighted by molar-refractivity contribution is 7.20. The number of fused-ring (bicyclic) bond motifs is 2. The van der Waals surface area contributed by atoms with Gasteiger partial charge in [-0.2, -0.15) is 0 Å². The Kier molecular flexibility index (Phi) is 3.59. The summed E-state index contributed by atoms with van der Waals surface area (Å²) in [7, 11) is 0. The molecule has 0 saturated carbocycles. The second-order valence-corrected chi connectivity index (χ2v) is 6.60. The van der Waals surface area contributed by atoms with Crippen molar-refractivity contribution in [1.82, 2.24) is 4.98 Å². The highest BCUT2D eigenvalue weighted by atomic mass is 32.1. The number of aromatic nitrogens is 1. The van der Waals surface area contributed by atoms with E-state index in [1.807, 2.05) is 36.6 Å². The molecule has 2 heterocycles. The third-order valence-corrected chi connectivity index (χ3v) is 5.06. The maximum atomic E-state index is 11.5. The number of nitrogens with two attached hydrogens (primary N) is 1. The van der Waals surface area contributed by atoms with Crippen molar-refractivity contribution in [1.29, 1.82) is 0 Å². The lowest BCUT2D eigenvalue weighted by Gasteiger charge is -2.08. The van der Waals surface area contributed by atoms with Gasteiger partial charge in [-0.05, 0) is 28.8 Å². The fourth-order valence-electron chi connectivity index (χ4n) is 2.80. The number of allylic oxidation sites excluding steroid dienone is 4. The van der Waals surface area contributed by atoms with Crippen molar-refractivity contribution >= 4 is 39.5 Å². The van der Waals surface area contributed by atoms with Gasteiger partial charge in [-0.25, -0.2) is 0 Å². The van der Waals surface area contributed by atoms with Gasteiger partial charge in [0.25, 0.3) is 5.91 Å². The molecule has 0 unspecified atom stereocenters. The SMILES string of the molecule is NC(=O)c1cc2c(-c3ccc4c(c3)/C=C\C=C/C=C4)cncc2s1. The molecule has 0 aliphatic heterocycles. The molecule has 0 fully saturated rings. The Labute approximate surface area is 143 Å². The van der Waals surface area contributed by atoms with Crippen molar-refractivity contribution in [2.75, 3.05) is 0 Å². The van der Waals surface area contributed by atoms with E-state index in [0.29, 0.717) is 4.88 Å². The number of nitrogens with zero attached hydrogens (tertiary/aromatic N) is 1. The Morgan fingerprint density at radius 2 is 1.75 bits per heavy atom. The van der Waals surface area contributed by atoms with Crippen LogP contribution in [0.15, 0.2) is 61.0 Å². The summed E-state index contributed by atoms with van der Waals surface area (Å²) >= 11 is 1.38. The molecule has 4 heteroatoms. The van der Waals surface area contributed by atoms with Crippen molar-refractivity contribution in [2.45, 2.75) is 0 Å². The van der Waals surface area contributed by atoms with Crippen molar-refractivity contribution in [2.24, 2.45) is 5.73 Å². The molecule has 0 bridgehead atoms. The van der Waals surface area contributed by atoms with Gasteiger partial charge in [0.2, 0.25) is 0 Å². The fourth-order valence-corrected chi connectivity index (χ4v) is 3.70. The van der Waals surface area contributed by atoms with Gasteiger partial charge in [-0.3, -0.25) is 9.78 Å². The zero-order valence-electron chi connectivity index (χ0n) is 12.8. The van der Waals surface area contributed by atoms with Gasteiger partial charge >= 0.3 is 0 Å². The monoisotopic (exact) mass is 330 g/mol. The average Bonchev–Trinajstić information content (AvgIpc) is 3.00. The van der Waals surface area contributed by atoms with Crippen LogP contribution in [0.3, 0.4) is 0 Å². The summed E-state index contributed by atoms with van der Waals surface area (Å²) in [6, 6.07) is 8.19. The summed E-state index contributed by atoms with van der Waals surface area (Å²) in [5.41, 5.74) is 9.82. The van der Waals surface area contributed by atoms with E-state index in [1.54, 1.807) is 6.20 Å². The average molecular weight is 330 g/mol. The van der Waals surface area contributed by atoms with Gasteiger partial charge in [0, 0.05) is 23.3 Å². The predicted molar refractivity (Wildman–Crippen MR) is 101 cm³/mol. The van der Waals surface area contributed by atoms with Crippen LogP contribution in [-0.2, 0) is 0 Å². The Morgan fingerprint density at radius 1 is 0.958 bits per heavy atom. The molecule has 0 spiro atoms. The van der Waals surface area contributed by atoms with Crippen LogP contribution in [-0.4, -0.2) is 10.9 Å². The quantitative estimate of drug-likeness (QED) is 0.743. The first-order valence-electron chi connectivity index (χ1n) is 7.55. The number of hydrogen-bond acceptors (Lipinski definition) is 3. The second-order valence-electron chi connectivity index (χ2n) is 5.52. The Balaban J connectivity index is 1.89. The molecule has 1 aromatic carbocycles. The van der Waals surface area contributed by atoms with Gasteiger partial charge in [0.15, 0.2) is 0 Å². The molecule has 2 N–H and O–H groups in total. The van der Waals surface area contributed by atoms with Crippen molar-refractivity contribution in [3.05, 3.63) is 77.0 Å². The molecule has 1 amide bonds. The molecule has 24 heavy (non-hydrogen) atoms. The van der Waals surface area contributed by atoms with Crippen LogP contribution >= 0.6 is 11.3 Å². The second kappa shape index (κ2) is 5.91. The van der Waals surface area contributed by atoms with Gasteiger partial charge in [-0.1, -0.05) is 48.6 Å². The number of thiophene rings is 1. The number of rotatable bonds is 2. The van der Waals surface area contributed by atoms with Crippen LogP contribution in [0.2, 0.25) is 0 Å². The number of carbonyl (C=O) groups excluding carboxylic acids is 1. The maximum absolute atomic E-state index is 11.5. The first-order valence-corrected chi connectivity index (χ1v) is 8.37. The van der Waals surface area contributed by atoms with E-state index in [2.05, 4.69) is 35.3 Å². The summed E-state index contributed by atoms with van der Waals surface area (Å²) in [6.07, 6.45) is 15.9. The van der Waals surface area contributed by atoms with Crippen LogP contribution in [0.1, 0.15) is 20.8 Å². The molecule has 0 radical (unpaired) electrons. The zero-order valence-corrected chi connectivity index (χ0v) is 13.6. The van der Waals surface area contributed by atoms with Crippen LogP contribution in [0.25, 0.3) is 33.4 Å². The predicted octanol–water partition coefficient (Wildman–Crippen LogP) is 4.66. The third kappa shape index (κ3) is 2.57. The lowest BCUT2D eigenvalue weighted by atomic mass is 9.97. The number of pyridine rings is 1. The lowest BCUT2D eigenvalue weighted by molar-refractivity contribution is 0.100. The highest BCUT2D eigenvalue weighted by Gasteiger charge is 2.12. The Hall–Kier alpha value is -2.98. The van der Waals surface area contributed by atoms with Gasteiger partial charge in [0.05, 0.1) is 9.58 Å². The molecule has 3 nitrogen and oxygen atoms in total. The fraction of sp³-hybridized carbons (Fsp3) is 0. The number of carbonyl (C=O) groups is 1. The standard InChI is InChI=1S/C20H14N2OS/c21-20(23)18-10-16-17(11-22-12-19(16)24-18)15-8-7-13-5-3-1-2-4-6-14(13)9-15/h1-12H,(H2,21,23)/b2-1-,3-1?,4-2?,5-3?,6-4-,13-5?,14-6?. The van der Waals surface area contributed by atoms with E-state index < -0.39 is 5.91 Å². The van der Waals surface area contributed by atoms with Gasteiger partial charge in [0.1, 0.15) is 0 Å². The van der Waals surface area contributed by atoms with Crippen molar-refractivity contribution in [3.8, 4) is 11.1 Å². The van der Waals surface area contributed by atoms with Crippen LogP contribution in [0, 0.1) is 0 Å². The molecule has 1 aliphatic carbocycles. The van der Waals surface area contributed by atoms with Gasteiger partial charge in [-0.15, -0.1) is 11.3 Å². The van der Waals surface area contributed by atoms with E-state index in [4.69, 9.17) is 5.73 Å². The largest absolute Gasteiger partial charge is 0.365 e. The topological polar surface area (TPSA) is 56.0 Å². The summed E-state index contributed by atoms with van der Waals surface area (Å²) in [4.78, 5) is 16.3. The molecule has 116 valence electrons. The van der Waals surface area contributed by atoms with Crippen LogP contribution in [0.4, 0.5) is 0 Å². The molecule has 0 saturated heterocycles. The number of primary amides is 1. The number of benzene rings is 1. The number of hydrogen-bond donors (Lipinski definition) is 1. The van der Waals surface area contributed by atoms with Crippen molar-refractivity contribution in [3.63, 3.8) is 0 Å². The van der Waals surface area contributed by atoms with Gasteiger partial charge < -0.3 is 5.73 Å². The van der Waals surface area contributed by atoms with E-state index >= 15 is 0 Å². The summed E-state index contributed by atoms with van der Waals surface area (Å²) in [5, 5.41) is 1.01. The van der Waals surface area contributed by atoms with Crippen molar-refractivity contribution < 1.29 is 4.79 Å². The number of amides is 1. The Bertz CT molecular complexity index is 1040. The molecule has 4 rings (SSSR count). The molecule has 3 aromatic rings. The van der Waals surface area contributed by atoms with Crippen LogP contribution in [0.5, 0.6) is 0 Å². The minimum absolute atomic E-state index is 0.403. The van der Waals surface area contributed by atoms with E-state index in [-0.39, 0.29) is 0 Å². The minimum Gasteiger partial charge on any atom is -0.365 e. The van der Waals surface area contributed by atoms with E-state index in [1.165, 1.54) is 16.9 Å². The zero-order chi connectivity index (χ0) is 16.5. The highest BCUT2D eigenvalue weighted by Crippen LogP contribution is 2.34. The summed E-state index contributed by atoms with van der Waals surface area (Å²) < 4.78 is 0.964. The van der Waals surface area contributed by atoms with E-state index in [9.17, 15) is 4.79 Å². The molecular weight excluding hydrogens is 316 g/mol. The first kappa shape index (κ1) is 14.6. The summed E-state index contributed by atoms with van der Waals surface area (Å²) in [6.45, 7) is 0. The molecule has 0 atom stereocenters. The maximum Gasteiger partial charge on any atom is 0.258 e. The molecule has 2 aromatic heterocycles. The van der Waals surface area contributed by atoms with Crippen LogP contribution < -0.4 is 5.73 Å². The molecule has 1 aliphatic rings. The normalized spacial score (nSPS) is 15.5. The Morgan fingerprint density at radius 3 is 2.54 bits per heavy atom. The first-order chi connectivity index (χ1) is 11.7. The smallest absolute Gasteiger partial charge is 0.258 e.